The molecule has 0 amide bonds. The molecular weight excluding hydrogens is 260 g/mol. The van der Waals surface area contributed by atoms with Crippen molar-refractivity contribution in [1.29, 1.82) is 0 Å². The fraction of sp³-hybridized carbons (Fsp3) is 0.778. The Hall–Kier alpha value is -0.800. The van der Waals surface area contributed by atoms with E-state index in [2.05, 4.69) is 30.1 Å². The van der Waals surface area contributed by atoms with Gasteiger partial charge in [-0.05, 0) is 69.3 Å². The molecule has 0 atom stereocenters. The molecule has 0 radical (unpaired) electrons. The number of hydrogen-bond acceptors (Lipinski definition) is 3. The molecule has 1 N–H and O–H groups in total. The fourth-order valence-electron chi connectivity index (χ4n) is 4.11. The first-order valence-electron chi connectivity index (χ1n) is 8.72. The highest BCUT2D eigenvalue weighted by molar-refractivity contribution is 5.20. The first-order chi connectivity index (χ1) is 10.2. The monoisotopic (exact) mass is 290 g/mol. The first-order valence-corrected chi connectivity index (χ1v) is 8.72. The Morgan fingerprint density at radius 1 is 1.19 bits per heavy atom. The third-order valence-electron chi connectivity index (χ3n) is 5.57. The van der Waals surface area contributed by atoms with E-state index in [0.717, 1.165) is 31.2 Å². The van der Waals surface area contributed by atoms with Gasteiger partial charge < -0.3 is 9.73 Å². The summed E-state index contributed by atoms with van der Waals surface area (Å²) in [6, 6.07) is 2.23. The van der Waals surface area contributed by atoms with Gasteiger partial charge in [0.25, 0.3) is 0 Å². The summed E-state index contributed by atoms with van der Waals surface area (Å²) in [5.41, 5.74) is 2.00. The molecule has 3 rings (SSSR count). The average Bonchev–Trinajstić information content (AvgIpc) is 3.07. The summed E-state index contributed by atoms with van der Waals surface area (Å²) in [6.07, 6.45) is 8.69. The molecule has 3 heteroatoms. The molecule has 118 valence electrons. The van der Waals surface area contributed by atoms with Crippen LogP contribution < -0.4 is 5.32 Å². The van der Waals surface area contributed by atoms with Crippen molar-refractivity contribution < 1.29 is 4.42 Å². The van der Waals surface area contributed by atoms with Crippen LogP contribution in [0, 0.1) is 12.3 Å². The van der Waals surface area contributed by atoms with Crippen molar-refractivity contribution in [2.24, 2.45) is 5.41 Å². The summed E-state index contributed by atoms with van der Waals surface area (Å²) in [5.74, 6) is 2.25. The van der Waals surface area contributed by atoms with Gasteiger partial charge in [-0.2, -0.15) is 0 Å². The lowest BCUT2D eigenvalue weighted by molar-refractivity contribution is 0.0978. The average molecular weight is 290 g/mol. The van der Waals surface area contributed by atoms with E-state index in [-0.39, 0.29) is 0 Å². The summed E-state index contributed by atoms with van der Waals surface area (Å²) in [4.78, 5) is 2.58. The molecule has 1 aliphatic carbocycles. The van der Waals surface area contributed by atoms with Gasteiger partial charge in [0.15, 0.2) is 0 Å². The van der Waals surface area contributed by atoms with E-state index < -0.39 is 0 Å². The molecule has 0 unspecified atom stereocenters. The topological polar surface area (TPSA) is 28.4 Å². The zero-order chi connectivity index (χ0) is 14.7. The highest BCUT2D eigenvalue weighted by Crippen LogP contribution is 2.46. The minimum absolute atomic E-state index is 0.714. The lowest BCUT2D eigenvalue weighted by atomic mass is 9.77. The van der Waals surface area contributed by atoms with Gasteiger partial charge in [-0.15, -0.1) is 0 Å². The van der Waals surface area contributed by atoms with E-state index in [4.69, 9.17) is 4.42 Å². The number of nitrogens with zero attached hydrogens (tertiary/aromatic N) is 1. The predicted octanol–water partition coefficient (Wildman–Crippen LogP) is 3.85. The molecule has 1 aliphatic heterocycles. The van der Waals surface area contributed by atoms with Crippen LogP contribution in [0.5, 0.6) is 0 Å². The molecule has 0 bridgehead atoms. The molecule has 2 fully saturated rings. The molecule has 2 heterocycles. The summed E-state index contributed by atoms with van der Waals surface area (Å²) < 4.78 is 6.03. The number of likely N-dealkylation sites (tertiary alicyclic amines) is 1. The molecule has 3 nitrogen and oxygen atoms in total. The van der Waals surface area contributed by atoms with Crippen molar-refractivity contribution in [2.45, 2.75) is 65.5 Å². The van der Waals surface area contributed by atoms with Crippen molar-refractivity contribution in [3.05, 3.63) is 23.2 Å². The van der Waals surface area contributed by atoms with Crippen molar-refractivity contribution in [1.82, 2.24) is 10.2 Å². The number of piperidine rings is 1. The highest BCUT2D eigenvalue weighted by atomic mass is 16.3. The number of aryl methyl sites for hydroxylation is 1. The van der Waals surface area contributed by atoms with Gasteiger partial charge in [-0.3, -0.25) is 4.90 Å². The Morgan fingerprint density at radius 3 is 2.57 bits per heavy atom. The van der Waals surface area contributed by atoms with E-state index in [0.29, 0.717) is 5.41 Å². The minimum atomic E-state index is 0.714. The SMILES string of the molecule is CCNCc1oc(CN2CCC3(CCCC3)CC2)cc1C. The smallest absolute Gasteiger partial charge is 0.120 e. The molecule has 1 spiro atoms. The molecule has 21 heavy (non-hydrogen) atoms. The van der Waals surface area contributed by atoms with Gasteiger partial charge in [-0.1, -0.05) is 19.8 Å². The van der Waals surface area contributed by atoms with Crippen LogP contribution in [0.2, 0.25) is 0 Å². The zero-order valence-electron chi connectivity index (χ0n) is 13.7. The summed E-state index contributed by atoms with van der Waals surface area (Å²) in [5, 5.41) is 3.35. The van der Waals surface area contributed by atoms with Crippen molar-refractivity contribution in [3.63, 3.8) is 0 Å². The predicted molar refractivity (Wildman–Crippen MR) is 86.2 cm³/mol. The third kappa shape index (κ3) is 3.51. The van der Waals surface area contributed by atoms with Crippen LogP contribution >= 0.6 is 0 Å². The maximum absolute atomic E-state index is 6.03. The van der Waals surface area contributed by atoms with Gasteiger partial charge in [0.1, 0.15) is 11.5 Å². The van der Waals surface area contributed by atoms with Gasteiger partial charge in [-0.25, -0.2) is 0 Å². The standard InChI is InChI=1S/C18H30N2O/c1-3-19-13-17-15(2)12-16(21-17)14-20-10-8-18(9-11-20)6-4-5-7-18/h12,19H,3-11,13-14H2,1-2H3. The molecular formula is C18H30N2O. The summed E-state index contributed by atoms with van der Waals surface area (Å²) in [6.45, 7) is 9.62. The van der Waals surface area contributed by atoms with Gasteiger partial charge in [0.2, 0.25) is 0 Å². The van der Waals surface area contributed by atoms with E-state index in [9.17, 15) is 0 Å². The summed E-state index contributed by atoms with van der Waals surface area (Å²) in [7, 11) is 0. The van der Waals surface area contributed by atoms with E-state index in [1.807, 2.05) is 0 Å². The number of rotatable bonds is 5. The highest BCUT2D eigenvalue weighted by Gasteiger charge is 2.36. The van der Waals surface area contributed by atoms with Crippen LogP contribution in [-0.2, 0) is 13.1 Å². The second-order valence-corrected chi connectivity index (χ2v) is 7.08. The van der Waals surface area contributed by atoms with Crippen molar-refractivity contribution in [2.75, 3.05) is 19.6 Å². The van der Waals surface area contributed by atoms with Gasteiger partial charge in [0, 0.05) is 0 Å². The molecule has 1 saturated carbocycles. The Kier molecular flexibility index (Phi) is 4.70. The Morgan fingerprint density at radius 2 is 1.90 bits per heavy atom. The van der Waals surface area contributed by atoms with Crippen LogP contribution in [0.25, 0.3) is 0 Å². The summed E-state index contributed by atoms with van der Waals surface area (Å²) >= 11 is 0. The molecule has 1 saturated heterocycles. The van der Waals surface area contributed by atoms with Crippen LogP contribution in [-0.4, -0.2) is 24.5 Å². The lowest BCUT2D eigenvalue weighted by Gasteiger charge is -2.39. The van der Waals surface area contributed by atoms with Crippen LogP contribution in [0.1, 0.15) is 62.5 Å². The largest absolute Gasteiger partial charge is 0.463 e. The zero-order valence-corrected chi connectivity index (χ0v) is 13.7. The number of nitrogens with one attached hydrogen (secondary N) is 1. The van der Waals surface area contributed by atoms with E-state index in [1.54, 1.807) is 0 Å². The minimum Gasteiger partial charge on any atom is -0.463 e. The Bertz CT molecular complexity index is 450. The molecule has 2 aliphatic rings. The van der Waals surface area contributed by atoms with Crippen molar-refractivity contribution in [3.8, 4) is 0 Å². The molecule has 1 aromatic heterocycles. The van der Waals surface area contributed by atoms with Gasteiger partial charge in [0.05, 0.1) is 13.1 Å². The van der Waals surface area contributed by atoms with Crippen molar-refractivity contribution >= 4 is 0 Å². The fourth-order valence-corrected chi connectivity index (χ4v) is 4.11. The van der Waals surface area contributed by atoms with E-state index >= 15 is 0 Å². The normalized spacial score (nSPS) is 22.2. The molecule has 1 aromatic rings. The first kappa shape index (κ1) is 15.1. The van der Waals surface area contributed by atoms with E-state index in [1.165, 1.54) is 57.2 Å². The van der Waals surface area contributed by atoms with Crippen LogP contribution in [0.4, 0.5) is 0 Å². The van der Waals surface area contributed by atoms with Crippen LogP contribution in [0.3, 0.4) is 0 Å². The Labute approximate surface area is 129 Å². The van der Waals surface area contributed by atoms with Gasteiger partial charge >= 0.3 is 0 Å². The number of hydrogen-bond donors (Lipinski definition) is 1. The second-order valence-electron chi connectivity index (χ2n) is 7.08. The molecule has 0 aromatic carbocycles. The quantitative estimate of drug-likeness (QED) is 0.892. The Balaban J connectivity index is 1.53. The lowest BCUT2D eigenvalue weighted by Crippen LogP contribution is -2.38. The second kappa shape index (κ2) is 6.53. The number of furan rings is 1. The maximum atomic E-state index is 6.03. The maximum Gasteiger partial charge on any atom is 0.120 e. The third-order valence-corrected chi connectivity index (χ3v) is 5.57. The van der Waals surface area contributed by atoms with Crippen LogP contribution in [0.15, 0.2) is 10.5 Å².